The summed E-state index contributed by atoms with van der Waals surface area (Å²) in [4.78, 5) is 20.1. The van der Waals surface area contributed by atoms with Crippen molar-refractivity contribution in [3.8, 4) is 23.2 Å². The van der Waals surface area contributed by atoms with Crippen molar-refractivity contribution in [1.29, 1.82) is 0 Å². The number of carbonyl (C=O) groups is 1. The molecule has 1 aromatic carbocycles. The zero-order valence-corrected chi connectivity index (χ0v) is 15.4. The van der Waals surface area contributed by atoms with Crippen LogP contribution in [0.15, 0.2) is 64.0 Å². The maximum absolute atomic E-state index is 12.1. The third kappa shape index (κ3) is 4.57. The van der Waals surface area contributed by atoms with Crippen molar-refractivity contribution in [2.45, 2.75) is 12.8 Å². The highest BCUT2D eigenvalue weighted by Gasteiger charge is 2.11. The number of hydrogen-bond acceptors (Lipinski definition) is 8. The molecule has 8 nitrogen and oxygen atoms in total. The second kappa shape index (κ2) is 8.40. The molecule has 0 bridgehead atoms. The summed E-state index contributed by atoms with van der Waals surface area (Å²) in [5.74, 6) is 1.34. The molecule has 1 N–H and O–H groups in total. The van der Waals surface area contributed by atoms with Crippen LogP contribution in [0.4, 0.5) is 5.69 Å². The van der Waals surface area contributed by atoms with Gasteiger partial charge in [-0.2, -0.15) is 11.3 Å². The molecular formula is C19H15N5O3S. The normalized spacial score (nSPS) is 10.6. The Morgan fingerprint density at radius 1 is 1.11 bits per heavy atom. The van der Waals surface area contributed by atoms with Crippen molar-refractivity contribution in [1.82, 2.24) is 20.2 Å². The SMILES string of the molecule is O=C(CCc1nnc(-c2ccsc2)o1)Nc1ccc(Oc2ncccn2)cc1. The average molecular weight is 393 g/mol. The molecule has 0 spiro atoms. The van der Waals surface area contributed by atoms with Crippen LogP contribution in [-0.4, -0.2) is 26.1 Å². The van der Waals surface area contributed by atoms with Crippen molar-refractivity contribution >= 4 is 22.9 Å². The Hall–Kier alpha value is -3.59. The number of hydrogen-bond donors (Lipinski definition) is 1. The fourth-order valence-electron chi connectivity index (χ4n) is 2.35. The molecule has 0 fully saturated rings. The van der Waals surface area contributed by atoms with Crippen LogP contribution < -0.4 is 10.1 Å². The first-order valence-corrected chi connectivity index (χ1v) is 9.40. The van der Waals surface area contributed by atoms with E-state index in [0.29, 0.717) is 29.6 Å². The van der Waals surface area contributed by atoms with E-state index in [9.17, 15) is 4.79 Å². The minimum Gasteiger partial charge on any atom is -0.424 e. The lowest BCUT2D eigenvalue weighted by Gasteiger charge is -2.06. The summed E-state index contributed by atoms with van der Waals surface area (Å²) in [6, 6.07) is 10.8. The molecule has 0 atom stereocenters. The summed E-state index contributed by atoms with van der Waals surface area (Å²) in [6.07, 6.45) is 3.81. The Morgan fingerprint density at radius 2 is 1.93 bits per heavy atom. The number of aryl methyl sites for hydroxylation is 1. The van der Waals surface area contributed by atoms with Gasteiger partial charge in [0.2, 0.25) is 17.7 Å². The average Bonchev–Trinajstić information content (AvgIpc) is 3.41. The molecule has 0 aliphatic carbocycles. The second-order valence-electron chi connectivity index (χ2n) is 5.72. The fourth-order valence-corrected chi connectivity index (χ4v) is 2.98. The van der Waals surface area contributed by atoms with Gasteiger partial charge in [-0.05, 0) is 41.8 Å². The van der Waals surface area contributed by atoms with Gasteiger partial charge in [0.1, 0.15) is 5.75 Å². The van der Waals surface area contributed by atoms with Crippen molar-refractivity contribution in [3.63, 3.8) is 0 Å². The number of anilines is 1. The van der Waals surface area contributed by atoms with Gasteiger partial charge in [0.05, 0.1) is 0 Å². The van der Waals surface area contributed by atoms with Gasteiger partial charge in [-0.1, -0.05) is 0 Å². The zero-order valence-electron chi connectivity index (χ0n) is 14.6. The lowest BCUT2D eigenvalue weighted by molar-refractivity contribution is -0.116. The Morgan fingerprint density at radius 3 is 2.68 bits per heavy atom. The number of benzene rings is 1. The largest absolute Gasteiger partial charge is 0.424 e. The van der Waals surface area contributed by atoms with E-state index in [1.165, 1.54) is 0 Å². The number of rotatable bonds is 7. The molecule has 9 heteroatoms. The van der Waals surface area contributed by atoms with Gasteiger partial charge in [-0.25, -0.2) is 9.97 Å². The van der Waals surface area contributed by atoms with Crippen LogP contribution in [0, 0.1) is 0 Å². The minimum atomic E-state index is -0.143. The Bertz CT molecular complexity index is 1030. The molecule has 0 aliphatic heterocycles. The van der Waals surface area contributed by atoms with Gasteiger partial charge in [0, 0.05) is 41.9 Å². The molecule has 3 heterocycles. The third-order valence-electron chi connectivity index (χ3n) is 3.69. The highest BCUT2D eigenvalue weighted by molar-refractivity contribution is 7.08. The van der Waals surface area contributed by atoms with Crippen LogP contribution in [0.5, 0.6) is 11.8 Å². The third-order valence-corrected chi connectivity index (χ3v) is 4.37. The quantitative estimate of drug-likeness (QED) is 0.507. The molecule has 3 aromatic heterocycles. The number of ether oxygens (including phenoxy) is 1. The molecule has 4 rings (SSSR count). The zero-order chi connectivity index (χ0) is 19.2. The van der Waals surface area contributed by atoms with E-state index in [4.69, 9.17) is 9.15 Å². The number of amides is 1. The molecule has 0 aliphatic rings. The van der Waals surface area contributed by atoms with Crippen LogP contribution in [0.1, 0.15) is 12.3 Å². The summed E-state index contributed by atoms with van der Waals surface area (Å²) < 4.78 is 11.1. The Labute approximate surface area is 164 Å². The number of carbonyl (C=O) groups excluding carboxylic acids is 1. The van der Waals surface area contributed by atoms with Gasteiger partial charge >= 0.3 is 6.01 Å². The van der Waals surface area contributed by atoms with E-state index in [1.54, 1.807) is 54.1 Å². The number of thiophene rings is 1. The summed E-state index contributed by atoms with van der Waals surface area (Å²) in [5, 5.41) is 14.7. The lowest BCUT2D eigenvalue weighted by atomic mass is 10.2. The predicted octanol–water partition coefficient (Wildman–Crippen LogP) is 3.95. The first kappa shape index (κ1) is 17.8. The van der Waals surface area contributed by atoms with Gasteiger partial charge in [-0.15, -0.1) is 10.2 Å². The van der Waals surface area contributed by atoms with E-state index in [1.807, 2.05) is 16.8 Å². The summed E-state index contributed by atoms with van der Waals surface area (Å²) >= 11 is 1.56. The molecule has 0 unspecified atom stereocenters. The summed E-state index contributed by atoms with van der Waals surface area (Å²) in [5.41, 5.74) is 1.55. The maximum Gasteiger partial charge on any atom is 0.321 e. The molecule has 140 valence electrons. The molecule has 0 radical (unpaired) electrons. The van der Waals surface area contributed by atoms with Crippen LogP contribution in [0.25, 0.3) is 11.5 Å². The Balaban J connectivity index is 1.28. The number of nitrogens with zero attached hydrogens (tertiary/aromatic N) is 4. The molecule has 0 saturated carbocycles. The van der Waals surface area contributed by atoms with E-state index in [-0.39, 0.29) is 18.3 Å². The molecule has 1 amide bonds. The smallest absolute Gasteiger partial charge is 0.321 e. The van der Waals surface area contributed by atoms with Crippen molar-refractivity contribution in [2.75, 3.05) is 5.32 Å². The maximum atomic E-state index is 12.1. The van der Waals surface area contributed by atoms with E-state index >= 15 is 0 Å². The van der Waals surface area contributed by atoms with Crippen LogP contribution in [-0.2, 0) is 11.2 Å². The van der Waals surface area contributed by atoms with E-state index in [0.717, 1.165) is 5.56 Å². The van der Waals surface area contributed by atoms with E-state index in [2.05, 4.69) is 25.5 Å². The first-order chi connectivity index (χ1) is 13.8. The van der Waals surface area contributed by atoms with Gasteiger partial charge in [-0.3, -0.25) is 4.79 Å². The molecule has 0 saturated heterocycles. The van der Waals surface area contributed by atoms with Gasteiger partial charge in [0.15, 0.2) is 0 Å². The summed E-state index contributed by atoms with van der Waals surface area (Å²) in [7, 11) is 0. The lowest BCUT2D eigenvalue weighted by Crippen LogP contribution is -2.12. The number of nitrogens with one attached hydrogen (secondary N) is 1. The molecule has 28 heavy (non-hydrogen) atoms. The fraction of sp³-hybridized carbons (Fsp3) is 0.105. The Kier molecular flexibility index (Phi) is 5.34. The van der Waals surface area contributed by atoms with Gasteiger partial charge < -0.3 is 14.5 Å². The van der Waals surface area contributed by atoms with Crippen molar-refractivity contribution in [3.05, 3.63) is 65.4 Å². The van der Waals surface area contributed by atoms with Crippen molar-refractivity contribution in [2.24, 2.45) is 0 Å². The minimum absolute atomic E-state index is 0.143. The number of aromatic nitrogens is 4. The highest BCUT2D eigenvalue weighted by Crippen LogP contribution is 2.22. The second-order valence-corrected chi connectivity index (χ2v) is 6.50. The van der Waals surface area contributed by atoms with Crippen LogP contribution >= 0.6 is 11.3 Å². The topological polar surface area (TPSA) is 103 Å². The molecular weight excluding hydrogens is 378 g/mol. The first-order valence-electron chi connectivity index (χ1n) is 8.46. The highest BCUT2D eigenvalue weighted by atomic mass is 32.1. The van der Waals surface area contributed by atoms with Crippen molar-refractivity contribution < 1.29 is 13.9 Å². The molecule has 4 aromatic rings. The summed E-state index contributed by atoms with van der Waals surface area (Å²) in [6.45, 7) is 0. The van der Waals surface area contributed by atoms with E-state index < -0.39 is 0 Å². The van der Waals surface area contributed by atoms with Crippen LogP contribution in [0.2, 0.25) is 0 Å². The van der Waals surface area contributed by atoms with Crippen LogP contribution in [0.3, 0.4) is 0 Å². The standard InChI is InChI=1S/C19H15N5O3S/c25-16(6-7-17-23-24-18(27-17)13-8-11-28-12-13)22-14-2-4-15(5-3-14)26-19-20-9-1-10-21-19/h1-5,8-12H,6-7H2,(H,22,25). The van der Waals surface area contributed by atoms with Gasteiger partial charge in [0.25, 0.3) is 0 Å². The monoisotopic (exact) mass is 393 g/mol. The predicted molar refractivity (Wildman–Crippen MR) is 103 cm³/mol.